The zero-order valence-electron chi connectivity index (χ0n) is 11.3. The van der Waals surface area contributed by atoms with E-state index in [0.717, 1.165) is 44.3 Å². The maximum absolute atomic E-state index is 4.61. The van der Waals surface area contributed by atoms with Crippen molar-refractivity contribution in [2.24, 2.45) is 7.05 Å². The molecule has 0 aromatic carbocycles. The van der Waals surface area contributed by atoms with Crippen molar-refractivity contribution in [3.05, 3.63) is 17.6 Å². The van der Waals surface area contributed by atoms with E-state index in [1.807, 2.05) is 30.4 Å². The van der Waals surface area contributed by atoms with Crippen LogP contribution in [0.1, 0.15) is 11.4 Å². The molecule has 1 aliphatic rings. The van der Waals surface area contributed by atoms with Gasteiger partial charge in [0.05, 0.1) is 22.6 Å². The first-order chi connectivity index (χ1) is 9.70. The normalized spacial score (nSPS) is 14.1. The number of thioether (sulfide) groups is 1. The number of fused-ring (bicyclic) bond motifs is 2. The minimum Gasteiger partial charge on any atom is -0.356 e. The van der Waals surface area contributed by atoms with Gasteiger partial charge in [0.1, 0.15) is 0 Å². The summed E-state index contributed by atoms with van der Waals surface area (Å²) >= 11 is 3.47. The highest BCUT2D eigenvalue weighted by molar-refractivity contribution is 7.99. The summed E-state index contributed by atoms with van der Waals surface area (Å²) in [6.07, 6.45) is 2.13. The van der Waals surface area contributed by atoms with Crippen LogP contribution in [0.3, 0.4) is 0 Å². The third kappa shape index (κ3) is 1.90. The molecule has 0 saturated heterocycles. The fraction of sp³-hybridized carbons (Fsp3) is 0.417. The van der Waals surface area contributed by atoms with Crippen LogP contribution in [0, 0.1) is 6.92 Å². The van der Waals surface area contributed by atoms with Crippen molar-refractivity contribution in [2.45, 2.75) is 25.2 Å². The highest BCUT2D eigenvalue weighted by atomic mass is 32.2. The van der Waals surface area contributed by atoms with E-state index in [-0.39, 0.29) is 0 Å². The van der Waals surface area contributed by atoms with Crippen LogP contribution < -0.4 is 5.32 Å². The van der Waals surface area contributed by atoms with Gasteiger partial charge in [0.2, 0.25) is 0 Å². The molecule has 1 N–H and O–H groups in total. The van der Waals surface area contributed by atoms with Gasteiger partial charge < -0.3 is 9.88 Å². The Morgan fingerprint density at radius 3 is 3.10 bits per heavy atom. The van der Waals surface area contributed by atoms with Gasteiger partial charge in [-0.05, 0) is 6.92 Å². The SMILES string of the molecule is Cc1nn(C)c2nc(NCc3cn4c(n3)SCC4)sc12. The molecule has 0 spiro atoms. The van der Waals surface area contributed by atoms with Crippen LogP contribution in [0.25, 0.3) is 10.3 Å². The summed E-state index contributed by atoms with van der Waals surface area (Å²) in [4.78, 5) is 9.18. The first-order valence-corrected chi connectivity index (χ1v) is 8.24. The maximum atomic E-state index is 4.61. The summed E-state index contributed by atoms with van der Waals surface area (Å²) in [6.45, 7) is 3.80. The quantitative estimate of drug-likeness (QED) is 0.804. The minimum atomic E-state index is 0.715. The molecule has 3 aromatic rings. The highest BCUT2D eigenvalue weighted by Crippen LogP contribution is 2.29. The monoisotopic (exact) mass is 306 g/mol. The van der Waals surface area contributed by atoms with E-state index in [4.69, 9.17) is 0 Å². The molecular formula is C12H14N6S2. The number of aryl methyl sites for hydroxylation is 3. The van der Waals surface area contributed by atoms with Crippen LogP contribution in [0.4, 0.5) is 5.13 Å². The second-order valence-corrected chi connectivity index (χ2v) is 6.85. The summed E-state index contributed by atoms with van der Waals surface area (Å²) in [6, 6.07) is 0. The van der Waals surface area contributed by atoms with Crippen LogP contribution in [0.15, 0.2) is 11.4 Å². The van der Waals surface area contributed by atoms with Crippen LogP contribution in [0.2, 0.25) is 0 Å². The number of hydrogen-bond donors (Lipinski definition) is 1. The maximum Gasteiger partial charge on any atom is 0.185 e. The smallest absolute Gasteiger partial charge is 0.185 e. The molecule has 0 fully saturated rings. The van der Waals surface area contributed by atoms with Gasteiger partial charge in [-0.15, -0.1) is 0 Å². The Morgan fingerprint density at radius 2 is 2.30 bits per heavy atom. The van der Waals surface area contributed by atoms with E-state index < -0.39 is 0 Å². The molecule has 0 amide bonds. The molecule has 6 nitrogen and oxygen atoms in total. The lowest BCUT2D eigenvalue weighted by molar-refractivity contribution is 0.719. The van der Waals surface area contributed by atoms with Gasteiger partial charge >= 0.3 is 0 Å². The first-order valence-electron chi connectivity index (χ1n) is 6.43. The zero-order valence-corrected chi connectivity index (χ0v) is 12.9. The average Bonchev–Trinajstić information content (AvgIpc) is 3.11. The summed E-state index contributed by atoms with van der Waals surface area (Å²) in [7, 11) is 1.93. The molecule has 0 radical (unpaired) electrons. The van der Waals surface area contributed by atoms with Gasteiger partial charge in [0, 0.05) is 25.5 Å². The lowest BCUT2D eigenvalue weighted by atomic mass is 10.5. The number of rotatable bonds is 3. The van der Waals surface area contributed by atoms with Crippen molar-refractivity contribution in [1.29, 1.82) is 0 Å². The van der Waals surface area contributed by atoms with E-state index >= 15 is 0 Å². The molecule has 1 aliphatic heterocycles. The molecule has 8 heteroatoms. The molecule has 104 valence electrons. The van der Waals surface area contributed by atoms with Gasteiger partial charge in [-0.1, -0.05) is 23.1 Å². The summed E-state index contributed by atoms with van der Waals surface area (Å²) in [5, 5.41) is 9.78. The van der Waals surface area contributed by atoms with Gasteiger partial charge in [-0.2, -0.15) is 5.10 Å². The third-order valence-electron chi connectivity index (χ3n) is 3.32. The first kappa shape index (κ1) is 12.2. The summed E-state index contributed by atoms with van der Waals surface area (Å²) < 4.78 is 5.19. The predicted octanol–water partition coefficient (Wildman–Crippen LogP) is 2.25. The van der Waals surface area contributed by atoms with Crippen LogP contribution in [-0.2, 0) is 20.1 Å². The zero-order chi connectivity index (χ0) is 13.7. The second kappa shape index (κ2) is 4.49. The third-order valence-corrected chi connectivity index (χ3v) is 5.40. The molecule has 0 bridgehead atoms. The number of aromatic nitrogens is 5. The topological polar surface area (TPSA) is 60.6 Å². The fourth-order valence-corrected chi connectivity index (χ4v) is 4.26. The molecule has 0 saturated carbocycles. The summed E-state index contributed by atoms with van der Waals surface area (Å²) in [5.41, 5.74) is 3.05. The standard InChI is InChI=1S/C12H14N6S2/c1-7-9-10(17(2)16-7)15-11(20-9)13-5-8-6-18-3-4-19-12(18)14-8/h6H,3-5H2,1-2H3,(H,13,15). The Morgan fingerprint density at radius 1 is 1.40 bits per heavy atom. The molecule has 20 heavy (non-hydrogen) atoms. The molecule has 0 unspecified atom stereocenters. The Hall–Kier alpha value is -1.54. The average molecular weight is 306 g/mol. The fourth-order valence-electron chi connectivity index (χ4n) is 2.37. The van der Waals surface area contributed by atoms with Crippen molar-refractivity contribution in [3.63, 3.8) is 0 Å². The number of anilines is 1. The Bertz CT molecular complexity index is 727. The van der Waals surface area contributed by atoms with Gasteiger partial charge in [-0.3, -0.25) is 0 Å². The van der Waals surface area contributed by atoms with E-state index in [2.05, 4.69) is 31.1 Å². The molecule has 0 aliphatic carbocycles. The lowest BCUT2D eigenvalue weighted by Gasteiger charge is -1.99. The molecule has 0 atom stereocenters. The molecule has 4 rings (SSSR count). The summed E-state index contributed by atoms with van der Waals surface area (Å²) in [5.74, 6) is 1.14. The predicted molar refractivity (Wildman–Crippen MR) is 81.4 cm³/mol. The van der Waals surface area contributed by atoms with E-state index in [0.29, 0.717) is 6.54 Å². The number of nitrogens with one attached hydrogen (secondary N) is 1. The Balaban J connectivity index is 1.53. The number of imidazole rings is 1. The Kier molecular flexibility index (Phi) is 2.74. The number of hydrogen-bond acceptors (Lipinski definition) is 6. The van der Waals surface area contributed by atoms with Gasteiger partial charge in [0.25, 0.3) is 0 Å². The van der Waals surface area contributed by atoms with Crippen molar-refractivity contribution in [3.8, 4) is 0 Å². The van der Waals surface area contributed by atoms with Crippen molar-refractivity contribution in [1.82, 2.24) is 24.3 Å². The van der Waals surface area contributed by atoms with E-state index in [1.165, 1.54) is 0 Å². The molecular weight excluding hydrogens is 292 g/mol. The lowest BCUT2D eigenvalue weighted by Crippen LogP contribution is -2.00. The van der Waals surface area contributed by atoms with Crippen LogP contribution in [-0.4, -0.2) is 30.1 Å². The van der Waals surface area contributed by atoms with Crippen molar-refractivity contribution >= 4 is 38.6 Å². The van der Waals surface area contributed by atoms with Gasteiger partial charge in [0.15, 0.2) is 15.9 Å². The number of nitrogens with zero attached hydrogens (tertiary/aromatic N) is 5. The van der Waals surface area contributed by atoms with Gasteiger partial charge in [-0.25, -0.2) is 14.6 Å². The van der Waals surface area contributed by atoms with Crippen LogP contribution in [0.5, 0.6) is 0 Å². The number of thiazole rings is 1. The van der Waals surface area contributed by atoms with E-state index in [9.17, 15) is 0 Å². The Labute approximate surface area is 124 Å². The molecule has 3 aromatic heterocycles. The largest absolute Gasteiger partial charge is 0.356 e. The van der Waals surface area contributed by atoms with Crippen LogP contribution >= 0.6 is 23.1 Å². The second-order valence-electron chi connectivity index (χ2n) is 4.79. The van der Waals surface area contributed by atoms with Crippen molar-refractivity contribution < 1.29 is 0 Å². The highest BCUT2D eigenvalue weighted by Gasteiger charge is 2.15. The van der Waals surface area contributed by atoms with Crippen molar-refractivity contribution in [2.75, 3.05) is 11.1 Å². The molecule has 4 heterocycles. The van der Waals surface area contributed by atoms with E-state index in [1.54, 1.807) is 11.3 Å². The minimum absolute atomic E-state index is 0.715.